The van der Waals surface area contributed by atoms with Gasteiger partial charge in [-0.25, -0.2) is 4.39 Å². The Labute approximate surface area is 118 Å². The third-order valence-electron chi connectivity index (χ3n) is 3.43. The zero-order chi connectivity index (χ0) is 14.9. The monoisotopic (exact) mass is 281 g/mol. The molecule has 0 amide bonds. The van der Waals surface area contributed by atoms with E-state index in [1.54, 1.807) is 0 Å². The molecule has 2 rings (SSSR count). The van der Waals surface area contributed by atoms with Gasteiger partial charge in [0.1, 0.15) is 11.6 Å². The topological polar surface area (TPSA) is 49.8 Å². The van der Waals surface area contributed by atoms with E-state index in [0.717, 1.165) is 12.6 Å². The van der Waals surface area contributed by atoms with Crippen LogP contribution in [0.25, 0.3) is 0 Å². The number of hydrogen-bond donors (Lipinski definition) is 1. The van der Waals surface area contributed by atoms with Crippen molar-refractivity contribution in [2.24, 2.45) is 0 Å². The van der Waals surface area contributed by atoms with E-state index in [2.05, 4.69) is 4.90 Å². The first-order valence-electron chi connectivity index (χ1n) is 6.67. The molecular formula is C15H20FNO3. The number of benzene rings is 1. The number of phenolic OH excluding ortho intramolecular Hbond substituents is 1. The van der Waals surface area contributed by atoms with Crippen LogP contribution in [-0.2, 0) is 11.3 Å². The molecule has 1 heterocycles. The van der Waals surface area contributed by atoms with E-state index in [9.17, 15) is 14.3 Å². The summed E-state index contributed by atoms with van der Waals surface area (Å²) in [4.78, 5) is 13.5. The molecule has 0 unspecified atom stereocenters. The average molecular weight is 281 g/mol. The summed E-state index contributed by atoms with van der Waals surface area (Å²) in [5, 5.41) is 10.1. The largest absolute Gasteiger partial charge is 0.507 e. The summed E-state index contributed by atoms with van der Waals surface area (Å²) in [7, 11) is 0. The molecule has 1 aromatic carbocycles. The average Bonchev–Trinajstić information content (AvgIpc) is 2.31. The van der Waals surface area contributed by atoms with Crippen LogP contribution in [0.5, 0.6) is 5.75 Å². The highest BCUT2D eigenvalue weighted by atomic mass is 19.1. The molecule has 1 aliphatic heterocycles. The van der Waals surface area contributed by atoms with Gasteiger partial charge >= 0.3 is 0 Å². The molecule has 0 bridgehead atoms. The number of rotatable bonds is 3. The van der Waals surface area contributed by atoms with Crippen molar-refractivity contribution in [3.05, 3.63) is 29.1 Å². The molecule has 4 nitrogen and oxygen atoms in total. The number of carbonyl (C=O) groups excluding carboxylic acids is 1. The molecule has 1 aromatic rings. The van der Waals surface area contributed by atoms with Gasteiger partial charge in [-0.2, -0.15) is 0 Å². The zero-order valence-electron chi connectivity index (χ0n) is 12.1. The summed E-state index contributed by atoms with van der Waals surface area (Å²) < 4.78 is 19.2. The van der Waals surface area contributed by atoms with Gasteiger partial charge in [0.05, 0.1) is 17.8 Å². The van der Waals surface area contributed by atoms with Crippen molar-refractivity contribution in [3.8, 4) is 5.75 Å². The number of morpholine rings is 1. The molecule has 1 aliphatic rings. The lowest BCUT2D eigenvalue weighted by Gasteiger charge is -2.38. The number of aromatic hydroxyl groups is 1. The fourth-order valence-electron chi connectivity index (χ4n) is 2.53. The predicted molar refractivity (Wildman–Crippen MR) is 73.4 cm³/mol. The van der Waals surface area contributed by atoms with Crippen LogP contribution in [0.1, 0.15) is 36.7 Å². The fraction of sp³-hybridized carbons (Fsp3) is 0.533. The first-order valence-corrected chi connectivity index (χ1v) is 6.67. The maximum absolute atomic E-state index is 13.6. The lowest BCUT2D eigenvalue weighted by atomic mass is 10.0. The van der Waals surface area contributed by atoms with Gasteiger partial charge in [0.2, 0.25) is 0 Å². The van der Waals surface area contributed by atoms with Crippen molar-refractivity contribution in [1.29, 1.82) is 0 Å². The number of carbonyl (C=O) groups is 1. The normalized spacial score (nSPS) is 19.0. The van der Waals surface area contributed by atoms with Crippen LogP contribution in [0, 0.1) is 5.82 Å². The highest BCUT2D eigenvalue weighted by Gasteiger charge is 2.28. The summed E-state index contributed by atoms with van der Waals surface area (Å²) in [5.41, 5.74) is 0.213. The molecule has 0 spiro atoms. The highest BCUT2D eigenvalue weighted by Crippen LogP contribution is 2.27. The van der Waals surface area contributed by atoms with Crippen molar-refractivity contribution >= 4 is 5.78 Å². The Hall–Kier alpha value is -1.46. The third kappa shape index (κ3) is 3.35. The van der Waals surface area contributed by atoms with Gasteiger partial charge < -0.3 is 9.84 Å². The van der Waals surface area contributed by atoms with Crippen LogP contribution in [0.3, 0.4) is 0 Å². The molecule has 0 aliphatic carbocycles. The number of nitrogens with zero attached hydrogens (tertiary/aromatic N) is 1. The quantitative estimate of drug-likeness (QED) is 0.864. The Balaban J connectivity index is 2.23. The molecule has 0 atom stereocenters. The lowest BCUT2D eigenvalue weighted by molar-refractivity contribution is -0.0884. The summed E-state index contributed by atoms with van der Waals surface area (Å²) in [5.74, 6) is -0.968. The van der Waals surface area contributed by atoms with Crippen LogP contribution < -0.4 is 0 Å². The smallest absolute Gasteiger partial charge is 0.163 e. The number of halogens is 1. The first-order chi connectivity index (χ1) is 9.28. The third-order valence-corrected chi connectivity index (χ3v) is 3.43. The lowest BCUT2D eigenvalue weighted by Crippen LogP contribution is -2.47. The molecule has 0 saturated carbocycles. The second kappa shape index (κ2) is 5.50. The summed E-state index contributed by atoms with van der Waals surface area (Å²) in [6, 6.07) is 2.36. The van der Waals surface area contributed by atoms with Crippen molar-refractivity contribution in [1.82, 2.24) is 4.90 Å². The Morgan fingerprint density at radius 1 is 1.50 bits per heavy atom. The number of hydrogen-bond acceptors (Lipinski definition) is 4. The molecule has 1 fully saturated rings. The van der Waals surface area contributed by atoms with Crippen molar-refractivity contribution in [2.75, 3.05) is 19.7 Å². The van der Waals surface area contributed by atoms with E-state index < -0.39 is 5.82 Å². The van der Waals surface area contributed by atoms with Crippen LogP contribution in [0.2, 0.25) is 0 Å². The molecular weight excluding hydrogens is 261 g/mol. The Morgan fingerprint density at radius 3 is 2.80 bits per heavy atom. The fourth-order valence-corrected chi connectivity index (χ4v) is 2.53. The van der Waals surface area contributed by atoms with Gasteiger partial charge in [0.15, 0.2) is 5.78 Å². The van der Waals surface area contributed by atoms with Crippen molar-refractivity contribution < 1.29 is 19.0 Å². The van der Waals surface area contributed by atoms with Gasteiger partial charge in [0.25, 0.3) is 0 Å². The zero-order valence-corrected chi connectivity index (χ0v) is 12.1. The SMILES string of the molecule is CC(=O)c1cc(F)cc(CN2CCOC(C)(C)C2)c1O. The van der Waals surface area contributed by atoms with E-state index in [0.29, 0.717) is 25.3 Å². The van der Waals surface area contributed by atoms with Crippen LogP contribution in [0.4, 0.5) is 4.39 Å². The van der Waals surface area contributed by atoms with E-state index in [1.165, 1.54) is 13.0 Å². The van der Waals surface area contributed by atoms with E-state index in [-0.39, 0.29) is 22.7 Å². The standard InChI is InChI=1S/C15H20FNO3/c1-10(18)13-7-12(16)6-11(14(13)19)8-17-4-5-20-15(2,3)9-17/h6-7,19H,4-5,8-9H2,1-3H3. The molecule has 20 heavy (non-hydrogen) atoms. The Kier molecular flexibility index (Phi) is 4.11. The van der Waals surface area contributed by atoms with E-state index in [1.807, 2.05) is 13.8 Å². The minimum atomic E-state index is -0.504. The maximum atomic E-state index is 13.6. The van der Waals surface area contributed by atoms with Gasteiger partial charge in [-0.3, -0.25) is 9.69 Å². The van der Waals surface area contributed by atoms with Crippen molar-refractivity contribution in [3.63, 3.8) is 0 Å². The maximum Gasteiger partial charge on any atom is 0.163 e. The van der Waals surface area contributed by atoms with Gasteiger partial charge in [-0.15, -0.1) is 0 Å². The molecule has 0 radical (unpaired) electrons. The number of ketones is 1. The highest BCUT2D eigenvalue weighted by molar-refractivity contribution is 5.97. The summed E-state index contributed by atoms with van der Waals surface area (Å²) in [6.07, 6.45) is 0. The van der Waals surface area contributed by atoms with Gasteiger partial charge in [-0.1, -0.05) is 0 Å². The second-order valence-electron chi connectivity index (χ2n) is 5.84. The minimum absolute atomic E-state index is 0.0347. The Bertz CT molecular complexity index is 528. The van der Waals surface area contributed by atoms with Crippen LogP contribution >= 0.6 is 0 Å². The second-order valence-corrected chi connectivity index (χ2v) is 5.84. The Morgan fingerprint density at radius 2 is 2.20 bits per heavy atom. The number of ether oxygens (including phenoxy) is 1. The first kappa shape index (κ1) is 14.9. The summed E-state index contributed by atoms with van der Waals surface area (Å²) in [6.45, 7) is 7.71. The molecule has 5 heteroatoms. The van der Waals surface area contributed by atoms with Gasteiger partial charge in [-0.05, 0) is 32.9 Å². The summed E-state index contributed by atoms with van der Waals surface area (Å²) >= 11 is 0. The predicted octanol–water partition coefficient (Wildman–Crippen LogP) is 2.34. The molecule has 110 valence electrons. The molecule has 0 aromatic heterocycles. The van der Waals surface area contributed by atoms with Gasteiger partial charge in [0, 0.05) is 25.2 Å². The number of Topliss-reactive ketones (excluding diaryl/α,β-unsaturated/α-hetero) is 1. The molecule has 1 N–H and O–H groups in total. The molecule has 1 saturated heterocycles. The van der Waals surface area contributed by atoms with E-state index in [4.69, 9.17) is 4.74 Å². The van der Waals surface area contributed by atoms with Crippen LogP contribution in [-0.4, -0.2) is 41.1 Å². The van der Waals surface area contributed by atoms with E-state index >= 15 is 0 Å². The van der Waals surface area contributed by atoms with Crippen LogP contribution in [0.15, 0.2) is 12.1 Å². The number of phenols is 1. The minimum Gasteiger partial charge on any atom is -0.507 e. The van der Waals surface area contributed by atoms with Crippen molar-refractivity contribution in [2.45, 2.75) is 32.9 Å².